The Hall–Kier alpha value is 0.130. The molecule has 0 atom stereocenters. The average molecular weight is 457 g/mol. The number of aliphatic hydroxyl groups excluding tert-OH is 1. The van der Waals surface area contributed by atoms with E-state index in [9.17, 15) is 0 Å². The van der Waals surface area contributed by atoms with Crippen LogP contribution in [0.4, 0.5) is 0 Å². The number of aliphatic hydroxyl groups is 1. The van der Waals surface area contributed by atoms with Gasteiger partial charge >= 0.3 is 0 Å². The first-order valence-electron chi connectivity index (χ1n) is 14.2. The van der Waals surface area contributed by atoms with Gasteiger partial charge in [0.15, 0.2) is 0 Å². The highest BCUT2D eigenvalue weighted by molar-refractivity contribution is 7.57. The van der Waals surface area contributed by atoms with Crippen molar-refractivity contribution in [3.63, 3.8) is 0 Å². The zero-order valence-corrected chi connectivity index (χ0v) is 23.2. The van der Waals surface area contributed by atoms with E-state index in [1.165, 1.54) is 116 Å². The molecule has 0 aromatic carbocycles. The molecule has 0 heterocycles. The molecule has 0 aliphatic rings. The molecule has 0 amide bonds. The minimum atomic E-state index is 0.268. The molecule has 1 nitrogen and oxygen atoms in total. The standard InChI is InChI=1S/C24H51P.C5H10O/c1-4-7-10-13-16-19-22-25(23-20-17-14-11-8-5-2)24-21-18-15-12-9-6-3;1-2-3-4-5-6/h4-24H2,1-3H3;2-3,6H,4-5H2,1H3/b;3-2+. The van der Waals surface area contributed by atoms with Crippen molar-refractivity contribution in [1.82, 2.24) is 0 Å². The van der Waals surface area contributed by atoms with Gasteiger partial charge in [0.05, 0.1) is 0 Å². The Morgan fingerprint density at radius 2 is 0.839 bits per heavy atom. The van der Waals surface area contributed by atoms with E-state index in [2.05, 4.69) is 20.8 Å². The van der Waals surface area contributed by atoms with Crippen molar-refractivity contribution in [2.24, 2.45) is 0 Å². The lowest BCUT2D eigenvalue weighted by atomic mass is 10.1. The normalized spacial score (nSPS) is 11.3. The molecule has 0 fully saturated rings. The summed E-state index contributed by atoms with van der Waals surface area (Å²) in [5.41, 5.74) is 0. The van der Waals surface area contributed by atoms with E-state index in [1.54, 1.807) is 18.5 Å². The van der Waals surface area contributed by atoms with Crippen LogP contribution < -0.4 is 0 Å². The topological polar surface area (TPSA) is 20.2 Å². The molecule has 0 saturated carbocycles. The predicted molar refractivity (Wildman–Crippen MR) is 148 cm³/mol. The third kappa shape index (κ3) is 32.4. The van der Waals surface area contributed by atoms with Crippen LogP contribution in [-0.4, -0.2) is 30.2 Å². The zero-order chi connectivity index (χ0) is 23.3. The molecule has 0 radical (unpaired) electrons. The minimum absolute atomic E-state index is 0.268. The Kier molecular flexibility index (Phi) is 34.7. The molecule has 0 saturated heterocycles. The molecule has 31 heavy (non-hydrogen) atoms. The van der Waals surface area contributed by atoms with Gasteiger partial charge in [-0.3, -0.25) is 0 Å². The van der Waals surface area contributed by atoms with Crippen molar-refractivity contribution in [3.05, 3.63) is 12.2 Å². The summed E-state index contributed by atoms with van der Waals surface area (Å²) < 4.78 is 0. The summed E-state index contributed by atoms with van der Waals surface area (Å²) >= 11 is 0. The Balaban J connectivity index is 0. The molecular weight excluding hydrogens is 395 g/mol. The molecule has 0 spiro atoms. The second kappa shape index (κ2) is 32.3. The van der Waals surface area contributed by atoms with Gasteiger partial charge in [-0.05, 0) is 51.1 Å². The fourth-order valence-corrected chi connectivity index (χ4v) is 6.61. The summed E-state index contributed by atoms with van der Waals surface area (Å²) in [6, 6.07) is 0. The molecule has 1 N–H and O–H groups in total. The average Bonchev–Trinajstić information content (AvgIpc) is 2.79. The van der Waals surface area contributed by atoms with Crippen LogP contribution in [0.5, 0.6) is 0 Å². The molecule has 0 aromatic rings. The van der Waals surface area contributed by atoms with E-state index >= 15 is 0 Å². The summed E-state index contributed by atoms with van der Waals surface area (Å²) in [5, 5.41) is 8.15. The summed E-state index contributed by atoms with van der Waals surface area (Å²) in [5.74, 6) is 0. The van der Waals surface area contributed by atoms with Crippen LogP contribution in [0, 0.1) is 0 Å². The number of rotatable bonds is 23. The fraction of sp³-hybridized carbons (Fsp3) is 0.931. The minimum Gasteiger partial charge on any atom is -0.396 e. The van der Waals surface area contributed by atoms with Crippen LogP contribution in [0.2, 0.25) is 0 Å². The van der Waals surface area contributed by atoms with Gasteiger partial charge in [0.1, 0.15) is 0 Å². The number of hydrogen-bond acceptors (Lipinski definition) is 1. The molecule has 0 rings (SSSR count). The van der Waals surface area contributed by atoms with Crippen LogP contribution >= 0.6 is 7.92 Å². The van der Waals surface area contributed by atoms with Crippen molar-refractivity contribution in [1.29, 1.82) is 0 Å². The highest BCUT2D eigenvalue weighted by atomic mass is 31.1. The van der Waals surface area contributed by atoms with Gasteiger partial charge in [-0.25, -0.2) is 0 Å². The Labute approximate surface area is 200 Å². The van der Waals surface area contributed by atoms with E-state index in [-0.39, 0.29) is 6.61 Å². The van der Waals surface area contributed by atoms with Gasteiger partial charge < -0.3 is 5.11 Å². The predicted octanol–water partition coefficient (Wildman–Crippen LogP) is 10.5. The number of allylic oxidation sites excluding steroid dienone is 1. The fourth-order valence-electron chi connectivity index (χ4n) is 3.92. The molecule has 0 aromatic heterocycles. The van der Waals surface area contributed by atoms with Crippen molar-refractivity contribution in [2.45, 2.75) is 150 Å². The van der Waals surface area contributed by atoms with Gasteiger partial charge in [0.25, 0.3) is 0 Å². The highest BCUT2D eigenvalue weighted by Crippen LogP contribution is 2.39. The SMILES string of the molecule is C/C=C/CCO.CCCCCCCCP(CCCCCCCC)CCCCCCCC. The van der Waals surface area contributed by atoms with Gasteiger partial charge in [0.2, 0.25) is 0 Å². The highest BCUT2D eigenvalue weighted by Gasteiger charge is 2.07. The molecule has 0 bridgehead atoms. The summed E-state index contributed by atoms with van der Waals surface area (Å²) in [7, 11) is 0.366. The molecule has 0 unspecified atom stereocenters. The first kappa shape index (κ1) is 33.3. The lowest BCUT2D eigenvalue weighted by Gasteiger charge is -2.18. The van der Waals surface area contributed by atoms with E-state index < -0.39 is 0 Å². The maximum atomic E-state index is 8.15. The van der Waals surface area contributed by atoms with Crippen LogP contribution in [0.15, 0.2) is 12.2 Å². The van der Waals surface area contributed by atoms with Crippen LogP contribution in [0.25, 0.3) is 0 Å². The van der Waals surface area contributed by atoms with E-state index in [1.807, 2.05) is 19.1 Å². The van der Waals surface area contributed by atoms with Gasteiger partial charge in [-0.15, -0.1) is 7.92 Å². The van der Waals surface area contributed by atoms with Gasteiger partial charge in [-0.2, -0.15) is 0 Å². The molecule has 188 valence electrons. The monoisotopic (exact) mass is 456 g/mol. The molecule has 2 heteroatoms. The maximum Gasteiger partial charge on any atom is 0.0465 e. The first-order valence-corrected chi connectivity index (χ1v) is 16.1. The second-order valence-corrected chi connectivity index (χ2v) is 11.9. The van der Waals surface area contributed by atoms with E-state index in [0.29, 0.717) is 7.92 Å². The quantitative estimate of drug-likeness (QED) is 0.0920. The molecular formula is C29H61OP. The Morgan fingerprint density at radius 1 is 0.516 bits per heavy atom. The second-order valence-electron chi connectivity index (χ2n) is 9.23. The maximum absolute atomic E-state index is 8.15. The van der Waals surface area contributed by atoms with Crippen LogP contribution in [0.3, 0.4) is 0 Å². The van der Waals surface area contributed by atoms with Crippen molar-refractivity contribution in [3.8, 4) is 0 Å². The van der Waals surface area contributed by atoms with Gasteiger partial charge in [-0.1, -0.05) is 129 Å². The lowest BCUT2D eigenvalue weighted by Crippen LogP contribution is -1.97. The summed E-state index contributed by atoms with van der Waals surface area (Å²) in [4.78, 5) is 0. The number of hydrogen-bond donors (Lipinski definition) is 1. The Morgan fingerprint density at radius 3 is 1.10 bits per heavy atom. The lowest BCUT2D eigenvalue weighted by molar-refractivity contribution is 0.302. The zero-order valence-electron chi connectivity index (χ0n) is 22.3. The van der Waals surface area contributed by atoms with Crippen LogP contribution in [-0.2, 0) is 0 Å². The number of unbranched alkanes of at least 4 members (excludes halogenated alkanes) is 15. The smallest absolute Gasteiger partial charge is 0.0465 e. The van der Waals surface area contributed by atoms with Crippen LogP contribution in [0.1, 0.15) is 150 Å². The van der Waals surface area contributed by atoms with Crippen molar-refractivity contribution >= 4 is 7.92 Å². The van der Waals surface area contributed by atoms with E-state index in [0.717, 1.165) is 6.42 Å². The van der Waals surface area contributed by atoms with E-state index in [4.69, 9.17) is 5.11 Å². The summed E-state index contributed by atoms with van der Waals surface area (Å²) in [6.45, 7) is 9.17. The molecule has 0 aliphatic carbocycles. The third-order valence-corrected chi connectivity index (χ3v) is 8.86. The van der Waals surface area contributed by atoms with Gasteiger partial charge in [0, 0.05) is 6.61 Å². The largest absolute Gasteiger partial charge is 0.396 e. The Bertz CT molecular complexity index is 278. The summed E-state index contributed by atoms with van der Waals surface area (Å²) in [6.07, 6.45) is 35.9. The van der Waals surface area contributed by atoms with Crippen molar-refractivity contribution in [2.75, 3.05) is 25.1 Å². The first-order chi connectivity index (χ1) is 15.3. The van der Waals surface area contributed by atoms with Crippen molar-refractivity contribution < 1.29 is 5.11 Å². The molecule has 0 aliphatic heterocycles. The third-order valence-electron chi connectivity index (χ3n) is 6.02.